The number of aliphatic hydroxyl groups excluding tert-OH is 1. The number of carbonyl (C=O) groups is 4. The van der Waals surface area contributed by atoms with Crippen LogP contribution in [0.3, 0.4) is 0 Å². The minimum Gasteiger partial charge on any atom is -0.462 e. The molecular weight excluding hydrogens is 624 g/mol. The number of hydrogen-bond acceptors (Lipinski definition) is 12. The van der Waals surface area contributed by atoms with Crippen LogP contribution < -0.4 is 4.74 Å². The summed E-state index contributed by atoms with van der Waals surface area (Å²) in [5.74, 6) is -2.35. The topological polar surface area (TPSA) is 162 Å². The van der Waals surface area contributed by atoms with Crippen LogP contribution in [0.5, 0.6) is 5.88 Å². The Morgan fingerprint density at radius 2 is 1.23 bits per heavy atom. The summed E-state index contributed by atoms with van der Waals surface area (Å²) in [6, 6.07) is 1.71. The molecule has 0 spiro atoms. The Kier molecular flexibility index (Phi) is 13.3. The number of nitrogens with zero attached hydrogens (tertiary/aromatic N) is 2. The van der Waals surface area contributed by atoms with Gasteiger partial charge in [0.15, 0.2) is 12.2 Å². The summed E-state index contributed by atoms with van der Waals surface area (Å²) in [5, 5.41) is 14.0. The maximum Gasteiger partial charge on any atom is 0.311 e. The van der Waals surface area contributed by atoms with Gasteiger partial charge in [0.25, 0.3) is 0 Å². The molecule has 1 aliphatic heterocycles. The first-order valence-corrected chi connectivity index (χ1v) is 16.6. The summed E-state index contributed by atoms with van der Waals surface area (Å²) in [6.45, 7) is 24.0. The van der Waals surface area contributed by atoms with Crippen molar-refractivity contribution in [1.29, 1.82) is 0 Å². The van der Waals surface area contributed by atoms with Crippen molar-refractivity contribution in [1.82, 2.24) is 9.78 Å². The molecule has 1 aliphatic rings. The van der Waals surface area contributed by atoms with E-state index in [9.17, 15) is 24.3 Å². The molecule has 1 aromatic heterocycles. The lowest BCUT2D eigenvalue weighted by atomic mass is 9.93. The number of rotatable bonds is 11. The summed E-state index contributed by atoms with van der Waals surface area (Å²) in [7, 11) is 0. The Morgan fingerprint density at radius 3 is 1.67 bits per heavy atom. The predicted molar refractivity (Wildman–Crippen MR) is 176 cm³/mol. The van der Waals surface area contributed by atoms with Crippen LogP contribution in [0.4, 0.5) is 0 Å². The molecular formula is C35H58N2O11. The second-order valence-corrected chi connectivity index (χ2v) is 16.7. The highest BCUT2D eigenvalue weighted by atomic mass is 16.7. The Morgan fingerprint density at radius 1 is 0.771 bits per heavy atom. The largest absolute Gasteiger partial charge is 0.462 e. The van der Waals surface area contributed by atoms with Gasteiger partial charge in [0, 0.05) is 24.9 Å². The van der Waals surface area contributed by atoms with Crippen LogP contribution in [0.25, 0.3) is 0 Å². The molecule has 0 unspecified atom stereocenters. The van der Waals surface area contributed by atoms with Crippen molar-refractivity contribution in [3.8, 4) is 5.88 Å². The van der Waals surface area contributed by atoms with Crippen molar-refractivity contribution in [3.63, 3.8) is 0 Å². The number of ether oxygens (including phenoxy) is 6. The van der Waals surface area contributed by atoms with E-state index in [4.69, 9.17) is 28.4 Å². The zero-order valence-corrected chi connectivity index (χ0v) is 31.3. The van der Waals surface area contributed by atoms with Crippen LogP contribution in [-0.4, -0.2) is 82.7 Å². The smallest absolute Gasteiger partial charge is 0.311 e. The highest BCUT2D eigenvalue weighted by Crippen LogP contribution is 2.35. The minimum absolute atomic E-state index is 0.0331. The third-order valence-electron chi connectivity index (χ3n) is 7.29. The second-order valence-electron chi connectivity index (χ2n) is 16.7. The van der Waals surface area contributed by atoms with Crippen LogP contribution >= 0.6 is 0 Å². The molecule has 0 saturated carbocycles. The number of aromatic nitrogens is 2. The first kappa shape index (κ1) is 41.0. The lowest BCUT2D eigenvalue weighted by Gasteiger charge is -2.45. The van der Waals surface area contributed by atoms with Crippen molar-refractivity contribution in [2.24, 2.45) is 21.7 Å². The van der Waals surface area contributed by atoms with Crippen molar-refractivity contribution in [2.45, 2.75) is 147 Å². The van der Waals surface area contributed by atoms with Gasteiger partial charge in [-0.1, -0.05) is 13.8 Å². The Labute approximate surface area is 285 Å². The zero-order chi connectivity index (χ0) is 37.0. The Hall–Kier alpha value is -3.19. The second kappa shape index (κ2) is 15.6. The summed E-state index contributed by atoms with van der Waals surface area (Å²) in [6.07, 6.45) is -6.46. The summed E-state index contributed by atoms with van der Waals surface area (Å²) >= 11 is 0. The number of hydrogen-bond donors (Lipinski definition) is 1. The van der Waals surface area contributed by atoms with Gasteiger partial charge in [0.05, 0.1) is 21.7 Å². The third kappa shape index (κ3) is 11.2. The summed E-state index contributed by atoms with van der Waals surface area (Å²) < 4.78 is 38.0. The first-order chi connectivity index (χ1) is 21.8. The fraction of sp³-hybridized carbons (Fsp3) is 0.800. The van der Waals surface area contributed by atoms with Gasteiger partial charge >= 0.3 is 23.9 Å². The van der Waals surface area contributed by atoms with Gasteiger partial charge in [-0.25, -0.2) is 0 Å². The van der Waals surface area contributed by atoms with E-state index in [1.165, 1.54) is 0 Å². The fourth-order valence-corrected chi connectivity index (χ4v) is 4.23. The maximum atomic E-state index is 13.5. The van der Waals surface area contributed by atoms with E-state index in [0.29, 0.717) is 13.0 Å². The number of aliphatic hydroxyl groups is 1. The summed E-state index contributed by atoms with van der Waals surface area (Å²) in [4.78, 5) is 53.1. The van der Waals surface area contributed by atoms with E-state index in [1.54, 1.807) is 93.8 Å². The predicted octanol–water partition coefficient (Wildman–Crippen LogP) is 4.96. The minimum atomic E-state index is -1.45. The van der Waals surface area contributed by atoms with Gasteiger partial charge in [0.2, 0.25) is 18.3 Å². The van der Waals surface area contributed by atoms with E-state index in [0.717, 1.165) is 5.69 Å². The molecule has 2 rings (SSSR count). The Balaban J connectivity index is 2.77. The molecule has 274 valence electrons. The first-order valence-electron chi connectivity index (χ1n) is 16.6. The van der Waals surface area contributed by atoms with Gasteiger partial charge in [-0.3, -0.25) is 23.9 Å². The fourth-order valence-electron chi connectivity index (χ4n) is 4.23. The molecule has 1 fully saturated rings. The van der Waals surface area contributed by atoms with Crippen molar-refractivity contribution < 1.29 is 52.7 Å². The van der Waals surface area contributed by atoms with E-state index in [2.05, 4.69) is 5.10 Å². The van der Waals surface area contributed by atoms with Gasteiger partial charge in [-0.2, -0.15) is 0 Å². The van der Waals surface area contributed by atoms with Crippen molar-refractivity contribution in [2.75, 3.05) is 13.2 Å². The SMILES string of the molecule is CC(C)c1cc(O[C@@H]2O[C@H](COC(=O)C(C)(C)C)[C@@H](OC(=O)C(C)(C)C)[C@H](OC(=O)C(C)(C)C)[C@H]2OC(=O)C(C)(C)C)nn1CCCO. The number of carbonyl (C=O) groups excluding carboxylic acids is 4. The molecule has 0 amide bonds. The highest BCUT2D eigenvalue weighted by molar-refractivity contribution is 5.78. The molecule has 2 heterocycles. The van der Waals surface area contributed by atoms with Crippen LogP contribution in [0.2, 0.25) is 0 Å². The molecule has 0 aliphatic carbocycles. The molecule has 1 aromatic rings. The molecule has 1 saturated heterocycles. The highest BCUT2D eigenvalue weighted by Gasteiger charge is 2.56. The maximum absolute atomic E-state index is 13.5. The molecule has 0 bridgehead atoms. The van der Waals surface area contributed by atoms with Crippen LogP contribution in [0.15, 0.2) is 6.07 Å². The lowest BCUT2D eigenvalue weighted by molar-refractivity contribution is -0.294. The number of aryl methyl sites for hydroxylation is 1. The van der Waals surface area contributed by atoms with E-state index in [-0.39, 0.29) is 18.4 Å². The average molecular weight is 683 g/mol. The normalized spacial score (nSPS) is 22.2. The monoisotopic (exact) mass is 682 g/mol. The standard InChI is InChI=1S/C35H58N2O11/c1-20(2)21-18-23(36-37(21)16-15-17-38)45-27-26(48-31(42)35(12,13)14)25(47-30(41)34(9,10)11)24(46-29(40)33(6,7)8)22(44-27)19-43-28(39)32(3,4)5/h18,20,22,24-27,38H,15-17,19H2,1-14H3/t22-,24-,25+,26-,27+/m1/s1. The number of esters is 4. The molecule has 13 heteroatoms. The average Bonchev–Trinajstić information content (AvgIpc) is 3.34. The molecule has 1 N–H and O–H groups in total. The van der Waals surface area contributed by atoms with Gasteiger partial charge in [0.1, 0.15) is 12.7 Å². The molecule has 5 atom stereocenters. The molecule has 48 heavy (non-hydrogen) atoms. The zero-order valence-electron chi connectivity index (χ0n) is 31.3. The van der Waals surface area contributed by atoms with Crippen molar-refractivity contribution >= 4 is 23.9 Å². The lowest BCUT2D eigenvalue weighted by Crippen LogP contribution is -2.65. The molecule has 13 nitrogen and oxygen atoms in total. The quantitative estimate of drug-likeness (QED) is 0.247. The van der Waals surface area contributed by atoms with Crippen LogP contribution in [0, 0.1) is 21.7 Å². The summed E-state index contributed by atoms with van der Waals surface area (Å²) in [5.41, 5.74) is -3.01. The van der Waals surface area contributed by atoms with Crippen molar-refractivity contribution in [3.05, 3.63) is 11.8 Å². The van der Waals surface area contributed by atoms with E-state index in [1.807, 2.05) is 13.8 Å². The van der Waals surface area contributed by atoms with Crippen LogP contribution in [0.1, 0.15) is 115 Å². The van der Waals surface area contributed by atoms with E-state index < -0.39 is 82.8 Å². The molecule has 0 aromatic carbocycles. The van der Waals surface area contributed by atoms with Gasteiger partial charge in [-0.05, 0) is 95.4 Å². The van der Waals surface area contributed by atoms with Gasteiger partial charge < -0.3 is 33.5 Å². The third-order valence-corrected chi connectivity index (χ3v) is 7.29. The van der Waals surface area contributed by atoms with E-state index >= 15 is 0 Å². The van der Waals surface area contributed by atoms with Crippen LogP contribution in [-0.2, 0) is 49.4 Å². The Bertz CT molecular complexity index is 1280. The molecule has 0 radical (unpaired) electrons. The van der Waals surface area contributed by atoms with Gasteiger partial charge in [-0.15, -0.1) is 5.10 Å².